The van der Waals surface area contributed by atoms with Crippen LogP contribution >= 0.6 is 34.3 Å². The molecule has 5 aromatic rings. The lowest BCUT2D eigenvalue weighted by atomic mass is 9.97. The number of fused-ring (bicyclic) bond motifs is 1. The summed E-state index contributed by atoms with van der Waals surface area (Å²) in [6, 6.07) is 24.0. The second-order valence-corrected chi connectivity index (χ2v) is 13.2. The number of ether oxygens (including phenoxy) is 3. The van der Waals surface area contributed by atoms with Crippen LogP contribution in [-0.2, 0) is 22.6 Å². The van der Waals surface area contributed by atoms with Gasteiger partial charge in [-0.25, -0.2) is 9.79 Å². The fourth-order valence-electron chi connectivity index (χ4n) is 5.57. The van der Waals surface area contributed by atoms with Crippen molar-refractivity contribution in [2.45, 2.75) is 32.9 Å². The first kappa shape index (κ1) is 33.2. The van der Waals surface area contributed by atoms with Crippen LogP contribution in [0.25, 0.3) is 11.8 Å². The van der Waals surface area contributed by atoms with Gasteiger partial charge in [-0.3, -0.25) is 9.36 Å². The van der Waals surface area contributed by atoms with E-state index in [-0.39, 0.29) is 18.8 Å². The van der Waals surface area contributed by atoms with Crippen molar-refractivity contribution in [3.05, 3.63) is 154 Å². The first-order chi connectivity index (χ1) is 23.4. The Morgan fingerprint density at radius 3 is 2.50 bits per heavy atom. The molecule has 0 saturated carbocycles. The summed E-state index contributed by atoms with van der Waals surface area (Å²) in [6.07, 6.45) is 4.15. The predicted molar refractivity (Wildman–Crippen MR) is 193 cm³/mol. The summed E-state index contributed by atoms with van der Waals surface area (Å²) >= 11 is 9.15. The van der Waals surface area contributed by atoms with Crippen LogP contribution in [0.15, 0.2) is 112 Å². The van der Waals surface area contributed by atoms with Crippen molar-refractivity contribution in [1.29, 1.82) is 0 Å². The standard InChI is InChI=1S/C38H33ClN2O5S2/c1-4-13-26-20-24(21-29(44-5-2)35(26)46-23-27-16-10-11-17-28(27)39)22-31-36(42)41-34(30-18-12-19-47-30)32(37(43)45-6-3)33(40-38(41)48-31)25-14-8-7-9-15-25/h4,7-12,14-22,34H,1,5-6,13,23H2,2-3H3/b31-22+/t34-/m0/s1. The Balaban J connectivity index is 1.51. The number of carbonyl (C=O) groups excluding carboxylic acids is 1. The van der Waals surface area contributed by atoms with E-state index in [2.05, 4.69) is 6.58 Å². The van der Waals surface area contributed by atoms with Gasteiger partial charge in [-0.05, 0) is 61.6 Å². The largest absolute Gasteiger partial charge is 0.490 e. The van der Waals surface area contributed by atoms with Crippen molar-refractivity contribution in [1.82, 2.24) is 4.57 Å². The van der Waals surface area contributed by atoms with Crippen LogP contribution in [0.5, 0.6) is 11.5 Å². The smallest absolute Gasteiger partial charge is 0.338 e. The molecule has 48 heavy (non-hydrogen) atoms. The Labute approximate surface area is 291 Å². The van der Waals surface area contributed by atoms with Gasteiger partial charge in [0.25, 0.3) is 5.56 Å². The van der Waals surface area contributed by atoms with E-state index in [1.165, 1.54) is 22.7 Å². The SMILES string of the molecule is C=CCc1cc(/C=c2/sc3n(c2=O)[C@@H](c2cccs2)C(C(=O)OCC)=C(c2ccccc2)N=3)cc(OCC)c1OCc1ccccc1Cl. The van der Waals surface area contributed by atoms with Crippen molar-refractivity contribution in [3.63, 3.8) is 0 Å². The van der Waals surface area contributed by atoms with E-state index in [1.807, 2.05) is 97.2 Å². The zero-order chi connectivity index (χ0) is 33.6. The molecule has 0 bridgehead atoms. The van der Waals surface area contributed by atoms with E-state index in [4.69, 9.17) is 30.8 Å². The van der Waals surface area contributed by atoms with Crippen LogP contribution in [-0.4, -0.2) is 23.8 Å². The molecule has 244 valence electrons. The molecule has 0 amide bonds. The molecule has 7 nitrogen and oxygen atoms in total. The summed E-state index contributed by atoms with van der Waals surface area (Å²) in [4.78, 5) is 34.2. The Morgan fingerprint density at radius 2 is 1.79 bits per heavy atom. The molecule has 10 heteroatoms. The van der Waals surface area contributed by atoms with Crippen molar-refractivity contribution >= 4 is 52.0 Å². The predicted octanol–water partition coefficient (Wildman–Crippen LogP) is 7.36. The average Bonchev–Trinajstić information content (AvgIpc) is 3.73. The topological polar surface area (TPSA) is 79.1 Å². The number of thiophene rings is 1. The van der Waals surface area contributed by atoms with Crippen molar-refractivity contribution in [2.24, 2.45) is 4.99 Å². The molecular weight excluding hydrogens is 664 g/mol. The number of thiazole rings is 1. The zero-order valence-corrected chi connectivity index (χ0v) is 28.9. The minimum atomic E-state index is -0.700. The molecule has 3 heterocycles. The summed E-state index contributed by atoms with van der Waals surface area (Å²) in [7, 11) is 0. The number of rotatable bonds is 12. The minimum Gasteiger partial charge on any atom is -0.490 e. The fourth-order valence-corrected chi connectivity index (χ4v) is 7.59. The lowest BCUT2D eigenvalue weighted by Gasteiger charge is -2.24. The van der Waals surface area contributed by atoms with E-state index in [0.29, 0.717) is 50.2 Å². The molecule has 0 N–H and O–H groups in total. The summed E-state index contributed by atoms with van der Waals surface area (Å²) in [5.74, 6) is 0.644. The van der Waals surface area contributed by atoms with Crippen LogP contribution in [0.1, 0.15) is 47.0 Å². The molecule has 6 rings (SSSR count). The summed E-state index contributed by atoms with van der Waals surface area (Å²) < 4.78 is 20.0. The van der Waals surface area contributed by atoms with E-state index in [0.717, 1.165) is 27.1 Å². The number of hydrogen-bond donors (Lipinski definition) is 0. The van der Waals surface area contributed by atoms with Crippen LogP contribution in [0.3, 0.4) is 0 Å². The van der Waals surface area contributed by atoms with Gasteiger partial charge in [-0.1, -0.05) is 83.6 Å². The van der Waals surface area contributed by atoms with Crippen molar-refractivity contribution in [3.8, 4) is 11.5 Å². The second-order valence-electron chi connectivity index (χ2n) is 10.8. The van der Waals surface area contributed by atoms with Gasteiger partial charge in [0.2, 0.25) is 0 Å². The number of hydrogen-bond acceptors (Lipinski definition) is 8. The number of benzene rings is 3. The van der Waals surface area contributed by atoms with Crippen molar-refractivity contribution in [2.75, 3.05) is 13.2 Å². The highest BCUT2D eigenvalue weighted by Gasteiger charge is 2.35. The first-order valence-corrected chi connectivity index (χ1v) is 17.6. The highest BCUT2D eigenvalue weighted by atomic mass is 35.5. The monoisotopic (exact) mass is 696 g/mol. The maximum Gasteiger partial charge on any atom is 0.338 e. The van der Waals surface area contributed by atoms with Gasteiger partial charge in [0.05, 0.1) is 29.0 Å². The first-order valence-electron chi connectivity index (χ1n) is 15.5. The van der Waals surface area contributed by atoms with Gasteiger partial charge in [0.15, 0.2) is 16.3 Å². The third-order valence-electron chi connectivity index (χ3n) is 7.63. The quantitative estimate of drug-likeness (QED) is 0.101. The summed E-state index contributed by atoms with van der Waals surface area (Å²) in [6.45, 7) is 8.49. The number of nitrogens with zero attached hydrogens (tertiary/aromatic N) is 2. The summed E-state index contributed by atoms with van der Waals surface area (Å²) in [5, 5.41) is 2.55. The van der Waals surface area contributed by atoms with Gasteiger partial charge in [0, 0.05) is 26.6 Å². The van der Waals surface area contributed by atoms with E-state index < -0.39 is 12.0 Å². The number of esters is 1. The van der Waals surface area contributed by atoms with Crippen LogP contribution < -0.4 is 24.4 Å². The normalized spacial score (nSPS) is 14.3. The third-order valence-corrected chi connectivity index (χ3v) is 9.91. The molecule has 1 atom stereocenters. The molecule has 0 fully saturated rings. The molecule has 2 aromatic heterocycles. The zero-order valence-electron chi connectivity index (χ0n) is 26.5. The van der Waals surface area contributed by atoms with E-state index in [1.54, 1.807) is 17.6 Å². The Morgan fingerprint density at radius 1 is 1.00 bits per heavy atom. The molecule has 1 aliphatic rings. The van der Waals surface area contributed by atoms with Gasteiger partial charge in [-0.2, -0.15) is 0 Å². The molecular formula is C38H33ClN2O5S2. The number of halogens is 1. The molecule has 0 radical (unpaired) electrons. The Bertz CT molecular complexity index is 2170. The molecule has 0 unspecified atom stereocenters. The lowest BCUT2D eigenvalue weighted by Crippen LogP contribution is -2.39. The Kier molecular flexibility index (Phi) is 10.4. The highest BCUT2D eigenvalue weighted by Crippen LogP contribution is 2.38. The number of allylic oxidation sites excluding steroid dienone is 1. The molecule has 3 aromatic carbocycles. The van der Waals surface area contributed by atoms with Crippen LogP contribution in [0.2, 0.25) is 5.02 Å². The molecule has 0 aliphatic carbocycles. The van der Waals surface area contributed by atoms with Crippen molar-refractivity contribution < 1.29 is 19.0 Å². The van der Waals surface area contributed by atoms with Crippen LogP contribution in [0, 0.1) is 0 Å². The lowest BCUT2D eigenvalue weighted by molar-refractivity contribution is -0.138. The van der Waals surface area contributed by atoms with Gasteiger partial charge in [0.1, 0.15) is 12.6 Å². The second kappa shape index (κ2) is 15.0. The highest BCUT2D eigenvalue weighted by molar-refractivity contribution is 7.10. The van der Waals surface area contributed by atoms with Gasteiger partial charge >= 0.3 is 5.97 Å². The molecule has 0 spiro atoms. The number of aromatic nitrogens is 1. The third kappa shape index (κ3) is 6.80. The van der Waals surface area contributed by atoms with E-state index in [9.17, 15) is 9.59 Å². The Hall–Kier alpha value is -4.70. The van der Waals surface area contributed by atoms with Crippen LogP contribution in [0.4, 0.5) is 0 Å². The average molecular weight is 697 g/mol. The fraction of sp³-hybridized carbons (Fsp3) is 0.184. The molecule has 1 aliphatic heterocycles. The van der Waals surface area contributed by atoms with E-state index >= 15 is 0 Å². The van der Waals surface area contributed by atoms with Gasteiger partial charge < -0.3 is 14.2 Å². The maximum absolute atomic E-state index is 14.3. The maximum atomic E-state index is 14.3. The van der Waals surface area contributed by atoms with Gasteiger partial charge in [-0.15, -0.1) is 17.9 Å². The summed E-state index contributed by atoms with van der Waals surface area (Å²) in [5.41, 5.74) is 3.80. The number of carbonyl (C=O) groups is 1. The molecule has 0 saturated heterocycles. The minimum absolute atomic E-state index is 0.194.